The predicted octanol–water partition coefficient (Wildman–Crippen LogP) is 4.93. The molecule has 0 N–H and O–H groups in total. The average molecular weight is 344 g/mol. The lowest BCUT2D eigenvalue weighted by Crippen LogP contribution is -2.41. The molecule has 0 fully saturated rings. The van der Waals surface area contributed by atoms with Crippen molar-refractivity contribution in [3.63, 3.8) is 0 Å². The molecule has 0 radical (unpaired) electrons. The molecule has 0 aliphatic rings. The first-order valence-electron chi connectivity index (χ1n) is 10.4. The topological polar surface area (TPSA) is 40.1 Å². The minimum Gasteiger partial charge on any atom is -0.550 e. The molecule has 0 bridgehead atoms. The fourth-order valence-corrected chi connectivity index (χ4v) is 2.75. The van der Waals surface area contributed by atoms with Crippen molar-refractivity contribution in [1.29, 1.82) is 0 Å². The van der Waals surface area contributed by atoms with Crippen LogP contribution in [0.3, 0.4) is 0 Å². The quantitative estimate of drug-likeness (QED) is 0.312. The predicted molar refractivity (Wildman–Crippen MR) is 104 cm³/mol. The molecule has 0 spiro atoms. The second-order valence-electron chi connectivity index (χ2n) is 7.64. The summed E-state index contributed by atoms with van der Waals surface area (Å²) in [6.07, 6.45) is 17.2. The van der Waals surface area contributed by atoms with Gasteiger partial charge in [-0.05, 0) is 32.1 Å². The largest absolute Gasteiger partial charge is 0.550 e. The van der Waals surface area contributed by atoms with Gasteiger partial charge >= 0.3 is 0 Å². The first-order chi connectivity index (χ1) is 11.4. The summed E-state index contributed by atoms with van der Waals surface area (Å²) in [7, 11) is 4.83. The fourth-order valence-electron chi connectivity index (χ4n) is 2.75. The molecular weight excluding hydrogens is 298 g/mol. The van der Waals surface area contributed by atoms with Crippen molar-refractivity contribution in [2.24, 2.45) is 0 Å². The highest BCUT2D eigenvalue weighted by Crippen LogP contribution is 2.11. The number of unbranched alkanes of at least 4 members (excludes halogenated alkanes) is 10. The molecule has 0 rings (SSSR count). The number of hydrogen-bond acceptors (Lipinski definition) is 2. The van der Waals surface area contributed by atoms with E-state index in [0.29, 0.717) is 0 Å². The van der Waals surface area contributed by atoms with Crippen LogP contribution < -0.4 is 5.11 Å². The van der Waals surface area contributed by atoms with Crippen molar-refractivity contribution >= 4 is 5.97 Å². The highest BCUT2D eigenvalue weighted by molar-refractivity contribution is 5.63. The van der Waals surface area contributed by atoms with Crippen molar-refractivity contribution in [2.45, 2.75) is 104 Å². The maximum absolute atomic E-state index is 9.26. The molecule has 0 aliphatic heterocycles. The molecule has 3 heteroatoms. The van der Waals surface area contributed by atoms with Crippen molar-refractivity contribution in [1.82, 2.24) is 0 Å². The van der Waals surface area contributed by atoms with Crippen LogP contribution >= 0.6 is 0 Å². The van der Waals surface area contributed by atoms with E-state index < -0.39 is 5.97 Å². The Kier molecular flexibility index (Phi) is 20.1. The smallest absolute Gasteiger partial charge is 0.0782 e. The van der Waals surface area contributed by atoms with Crippen LogP contribution in [0, 0.1) is 0 Å². The van der Waals surface area contributed by atoms with Gasteiger partial charge in [0.1, 0.15) is 0 Å². The van der Waals surface area contributed by atoms with Gasteiger partial charge in [-0.15, -0.1) is 0 Å². The maximum atomic E-state index is 9.26. The summed E-state index contributed by atoms with van der Waals surface area (Å²) in [5.74, 6) is -0.995. The third-order valence-corrected chi connectivity index (χ3v) is 4.52. The Morgan fingerprint density at radius 2 is 0.958 bits per heavy atom. The number of carbonyl (C=O) groups is 1. The molecule has 0 aromatic carbocycles. The van der Waals surface area contributed by atoms with E-state index in [0.717, 1.165) is 0 Å². The van der Waals surface area contributed by atoms with E-state index in [2.05, 4.69) is 27.9 Å². The van der Waals surface area contributed by atoms with Gasteiger partial charge in [-0.1, -0.05) is 72.1 Å². The van der Waals surface area contributed by atoms with Gasteiger partial charge in [0.15, 0.2) is 0 Å². The molecule has 0 saturated carbocycles. The molecule has 0 amide bonds. The Morgan fingerprint density at radius 1 is 0.667 bits per heavy atom. The van der Waals surface area contributed by atoms with E-state index in [1.165, 1.54) is 102 Å². The normalized spacial score (nSPS) is 11.0. The summed E-state index contributed by atoms with van der Waals surface area (Å²) in [5.41, 5.74) is 0. The number of hydrogen-bond donors (Lipinski definition) is 0. The molecular formula is C21H45NO2. The van der Waals surface area contributed by atoms with Gasteiger partial charge in [-0.2, -0.15) is 0 Å². The number of carboxylic acids is 1. The highest BCUT2D eigenvalue weighted by atomic mass is 16.4. The Labute approximate surface area is 152 Å². The number of aliphatic carboxylic acids is 1. The van der Waals surface area contributed by atoms with Crippen LogP contribution in [-0.2, 0) is 4.79 Å². The zero-order chi connectivity index (χ0) is 18.7. The van der Waals surface area contributed by atoms with Crippen LogP contribution in [0.1, 0.15) is 104 Å². The third kappa shape index (κ3) is 23.7. The monoisotopic (exact) mass is 343 g/mol. The van der Waals surface area contributed by atoms with Gasteiger partial charge in [0.05, 0.1) is 27.2 Å². The first kappa shape index (κ1) is 25.7. The number of nitrogens with zero attached hydrogens (tertiary/aromatic N) is 1. The molecule has 0 saturated heterocycles. The van der Waals surface area contributed by atoms with E-state index in [1.54, 1.807) is 0 Å². The summed E-state index contributed by atoms with van der Waals surface area (Å²) >= 11 is 0. The molecule has 3 nitrogen and oxygen atoms in total. The van der Waals surface area contributed by atoms with Crippen LogP contribution in [0.25, 0.3) is 0 Å². The van der Waals surface area contributed by atoms with Gasteiger partial charge in [-0.25, -0.2) is 0 Å². The lowest BCUT2D eigenvalue weighted by Gasteiger charge is -2.30. The van der Waals surface area contributed by atoms with E-state index in [4.69, 9.17) is 0 Å². The Hall–Kier alpha value is -0.570. The van der Waals surface area contributed by atoms with Crippen LogP contribution in [0.5, 0.6) is 0 Å². The summed E-state index contributed by atoms with van der Waals surface area (Å²) in [5, 5.41) is 9.26. The third-order valence-electron chi connectivity index (χ3n) is 4.52. The highest BCUT2D eigenvalue weighted by Gasteiger charge is 2.13. The van der Waals surface area contributed by atoms with Crippen molar-refractivity contribution in [3.05, 3.63) is 0 Å². The van der Waals surface area contributed by atoms with Gasteiger partial charge in [-0.3, -0.25) is 0 Å². The number of carbonyl (C=O) groups excluding carboxylic acids is 1. The summed E-state index contributed by atoms with van der Waals surface area (Å²) in [4.78, 5) is 9.26. The minimum absolute atomic E-state index is 0.111. The van der Waals surface area contributed by atoms with Crippen LogP contribution in [0.4, 0.5) is 0 Å². The molecule has 0 unspecified atom stereocenters. The maximum Gasteiger partial charge on any atom is 0.0782 e. The summed E-state index contributed by atoms with van der Waals surface area (Å²) in [6, 6.07) is 0. The van der Waals surface area contributed by atoms with E-state index in [-0.39, 0.29) is 6.42 Å². The molecule has 24 heavy (non-hydrogen) atoms. The lowest BCUT2D eigenvalue weighted by atomic mass is 10.1. The Bertz CT molecular complexity index is 247. The van der Waals surface area contributed by atoms with E-state index >= 15 is 0 Å². The number of rotatable bonds is 15. The molecule has 0 atom stereocenters. The van der Waals surface area contributed by atoms with Crippen LogP contribution in [-0.4, -0.2) is 37.6 Å². The summed E-state index contributed by atoms with van der Waals surface area (Å²) < 4.78 is 1.24. The van der Waals surface area contributed by atoms with E-state index in [9.17, 15) is 9.90 Å². The SMILES string of the molecule is CCC(=O)[O-].CCCCCCCC[N+](C)(C)CCCCCCCC. The first-order valence-corrected chi connectivity index (χ1v) is 10.4. The molecule has 0 heterocycles. The number of quaternary nitrogens is 1. The van der Waals surface area contributed by atoms with Gasteiger partial charge in [0.25, 0.3) is 0 Å². The average Bonchev–Trinajstić information content (AvgIpc) is 2.54. The van der Waals surface area contributed by atoms with Gasteiger partial charge < -0.3 is 14.4 Å². The van der Waals surface area contributed by atoms with Crippen LogP contribution in [0.15, 0.2) is 0 Å². The zero-order valence-corrected chi connectivity index (χ0v) is 17.4. The molecule has 0 aromatic rings. The van der Waals surface area contributed by atoms with Crippen molar-refractivity contribution in [2.75, 3.05) is 27.2 Å². The van der Waals surface area contributed by atoms with Crippen molar-refractivity contribution < 1.29 is 14.4 Å². The van der Waals surface area contributed by atoms with Crippen LogP contribution in [0.2, 0.25) is 0 Å². The molecule has 146 valence electrons. The lowest BCUT2D eigenvalue weighted by molar-refractivity contribution is -0.890. The minimum atomic E-state index is -0.995. The zero-order valence-electron chi connectivity index (χ0n) is 17.4. The Morgan fingerprint density at radius 3 is 1.25 bits per heavy atom. The molecule has 0 aliphatic carbocycles. The molecule has 0 aromatic heterocycles. The summed E-state index contributed by atoms with van der Waals surface area (Å²) in [6.45, 7) is 8.87. The van der Waals surface area contributed by atoms with Gasteiger partial charge in [0, 0.05) is 5.97 Å². The van der Waals surface area contributed by atoms with Crippen molar-refractivity contribution in [3.8, 4) is 0 Å². The fraction of sp³-hybridized carbons (Fsp3) is 0.952. The van der Waals surface area contributed by atoms with Gasteiger partial charge in [0.2, 0.25) is 0 Å². The van der Waals surface area contributed by atoms with E-state index in [1.807, 2.05) is 0 Å². The number of carboxylic acid groups (broad SMARTS) is 1. The second-order valence-corrected chi connectivity index (χ2v) is 7.64. The second kappa shape index (κ2) is 18.8. The Balaban J connectivity index is 0. The standard InChI is InChI=1S/C18H40N.C3H6O2/c1-5-7-9-11-13-15-17-19(3,4)18-16-14-12-10-8-6-2;1-2-3(4)5/h5-18H2,1-4H3;2H2,1H3,(H,4,5)/q+1;/p-1.